The van der Waals surface area contributed by atoms with Gasteiger partial charge in [0.2, 0.25) is 0 Å². The first kappa shape index (κ1) is 20.7. The van der Waals surface area contributed by atoms with Crippen LogP contribution < -0.4 is 15.5 Å². The number of hydrogen-bond acceptors (Lipinski definition) is 8. The molecule has 1 aromatic heterocycles. The smallest absolute Gasteiger partial charge is 0.149 e. The number of nitrogen functional groups attached to an aromatic ring is 1. The molecule has 0 saturated carbocycles. The topological polar surface area (TPSA) is 126 Å². The Morgan fingerprint density at radius 1 is 1.10 bits per heavy atom. The van der Waals surface area contributed by atoms with Crippen molar-refractivity contribution in [2.45, 2.75) is 0 Å². The van der Waals surface area contributed by atoms with Crippen molar-refractivity contribution in [3.05, 3.63) is 46.5 Å². The zero-order valence-electron chi connectivity index (χ0n) is 16.9. The van der Waals surface area contributed by atoms with Crippen LogP contribution in [0.1, 0.15) is 22.3 Å². The van der Waals surface area contributed by atoms with Gasteiger partial charge in [0.1, 0.15) is 34.9 Å². The highest BCUT2D eigenvalue weighted by molar-refractivity contribution is 5.96. The maximum atomic E-state index is 9.91. The van der Waals surface area contributed by atoms with Crippen LogP contribution >= 0.6 is 0 Å². The average Bonchev–Trinajstić information content (AvgIpc) is 2.77. The Morgan fingerprint density at radius 3 is 2.27 bits per heavy atom. The molecule has 1 aliphatic heterocycles. The number of pyridine rings is 1. The summed E-state index contributed by atoms with van der Waals surface area (Å²) in [7, 11) is 3.88. The Balaban J connectivity index is 2.18. The van der Waals surface area contributed by atoms with Gasteiger partial charge in [0.25, 0.3) is 0 Å². The first-order chi connectivity index (χ1) is 14.5. The van der Waals surface area contributed by atoms with Gasteiger partial charge in [-0.05, 0) is 23.8 Å². The number of aromatic nitrogens is 1. The number of nitriles is 3. The van der Waals surface area contributed by atoms with Crippen molar-refractivity contribution in [2.75, 3.05) is 55.9 Å². The molecule has 0 amide bonds. The van der Waals surface area contributed by atoms with Crippen molar-refractivity contribution in [2.24, 2.45) is 0 Å². The van der Waals surface area contributed by atoms with Crippen LogP contribution in [0.5, 0.6) is 0 Å². The fourth-order valence-electron chi connectivity index (χ4n) is 3.28. The van der Waals surface area contributed by atoms with Crippen LogP contribution in [0, 0.1) is 34.0 Å². The molecule has 8 nitrogen and oxygen atoms in total. The Morgan fingerprint density at radius 2 is 1.73 bits per heavy atom. The summed E-state index contributed by atoms with van der Waals surface area (Å²) in [5.74, 6) is 0.369. The third-order valence-corrected chi connectivity index (χ3v) is 4.85. The van der Waals surface area contributed by atoms with Gasteiger partial charge < -0.3 is 20.3 Å². The van der Waals surface area contributed by atoms with Crippen LogP contribution in [0.4, 0.5) is 17.3 Å². The highest BCUT2D eigenvalue weighted by Gasteiger charge is 2.25. The molecule has 3 rings (SSSR count). The van der Waals surface area contributed by atoms with E-state index in [2.05, 4.69) is 17.1 Å². The second-order valence-electron chi connectivity index (χ2n) is 6.92. The molecule has 8 heteroatoms. The summed E-state index contributed by atoms with van der Waals surface area (Å²) < 4.78 is 5.37. The van der Waals surface area contributed by atoms with E-state index in [0.29, 0.717) is 32.1 Å². The standard InChI is InChI=1S/C22H21N7O/c1-28(2)17-5-3-15(4-6-17)11-16(12-23)20-18(13-24)21(26)27-22(19(20)14-25)29-7-9-30-10-8-29/h3-6,11H,7-10H2,1-2H3,(H2,26,27). The van der Waals surface area contributed by atoms with E-state index < -0.39 is 0 Å². The van der Waals surface area contributed by atoms with Crippen LogP contribution in [0.2, 0.25) is 0 Å². The number of allylic oxidation sites excluding steroid dienone is 1. The van der Waals surface area contributed by atoms with Gasteiger partial charge in [-0.25, -0.2) is 4.98 Å². The van der Waals surface area contributed by atoms with Gasteiger partial charge in [0.15, 0.2) is 0 Å². The van der Waals surface area contributed by atoms with E-state index in [1.807, 2.05) is 54.2 Å². The number of anilines is 3. The number of nitrogens with zero attached hydrogens (tertiary/aromatic N) is 6. The molecule has 2 aromatic rings. The molecule has 1 aromatic carbocycles. The van der Waals surface area contributed by atoms with Crippen molar-refractivity contribution < 1.29 is 4.74 Å². The molecule has 1 saturated heterocycles. The predicted molar refractivity (Wildman–Crippen MR) is 115 cm³/mol. The van der Waals surface area contributed by atoms with E-state index in [1.54, 1.807) is 6.08 Å². The van der Waals surface area contributed by atoms with Gasteiger partial charge in [-0.3, -0.25) is 0 Å². The van der Waals surface area contributed by atoms with E-state index in [1.165, 1.54) is 0 Å². The van der Waals surface area contributed by atoms with Crippen LogP contribution in [0.15, 0.2) is 24.3 Å². The fourth-order valence-corrected chi connectivity index (χ4v) is 3.28. The van der Waals surface area contributed by atoms with E-state index >= 15 is 0 Å². The summed E-state index contributed by atoms with van der Waals surface area (Å²) in [6.45, 7) is 2.09. The molecule has 1 aliphatic rings. The van der Waals surface area contributed by atoms with Crippen LogP contribution in [0.25, 0.3) is 11.6 Å². The minimum atomic E-state index is -0.00269. The maximum absolute atomic E-state index is 9.91. The molecule has 0 bridgehead atoms. The minimum Gasteiger partial charge on any atom is -0.383 e. The summed E-state index contributed by atoms with van der Waals surface area (Å²) in [6, 6.07) is 13.9. The van der Waals surface area contributed by atoms with Crippen LogP contribution in [-0.4, -0.2) is 45.4 Å². The monoisotopic (exact) mass is 399 g/mol. The van der Waals surface area contributed by atoms with Gasteiger partial charge in [-0.1, -0.05) is 12.1 Å². The molecule has 2 N–H and O–H groups in total. The van der Waals surface area contributed by atoms with Crippen LogP contribution in [-0.2, 0) is 4.74 Å². The van der Waals surface area contributed by atoms with E-state index in [0.717, 1.165) is 11.3 Å². The lowest BCUT2D eigenvalue weighted by molar-refractivity contribution is 0.122. The maximum Gasteiger partial charge on any atom is 0.149 e. The van der Waals surface area contributed by atoms with Crippen molar-refractivity contribution in [3.8, 4) is 18.2 Å². The second-order valence-corrected chi connectivity index (χ2v) is 6.92. The number of nitrogens with two attached hydrogens (primary N) is 1. The summed E-state index contributed by atoms with van der Waals surface area (Å²) in [4.78, 5) is 8.18. The third kappa shape index (κ3) is 4.03. The Bertz CT molecular complexity index is 1090. The SMILES string of the molecule is CN(C)c1ccc(C=C(C#N)c2c(C#N)c(N)nc(N3CCOCC3)c2C#N)cc1. The lowest BCUT2D eigenvalue weighted by atomic mass is 9.94. The van der Waals surface area contributed by atoms with Crippen molar-refractivity contribution in [1.82, 2.24) is 4.98 Å². The highest BCUT2D eigenvalue weighted by atomic mass is 16.5. The third-order valence-electron chi connectivity index (χ3n) is 4.85. The van der Waals surface area contributed by atoms with Gasteiger partial charge in [-0.15, -0.1) is 0 Å². The number of hydrogen-bond donors (Lipinski definition) is 1. The molecular formula is C22H21N7O. The van der Waals surface area contributed by atoms with Crippen molar-refractivity contribution in [1.29, 1.82) is 15.8 Å². The summed E-state index contributed by atoms with van der Waals surface area (Å²) in [6.07, 6.45) is 1.65. The predicted octanol–water partition coefficient (Wildman–Crippen LogP) is 2.37. The highest BCUT2D eigenvalue weighted by Crippen LogP contribution is 2.33. The molecular weight excluding hydrogens is 378 g/mol. The minimum absolute atomic E-state index is 0.00269. The van der Waals surface area contributed by atoms with Gasteiger partial charge >= 0.3 is 0 Å². The molecule has 150 valence electrons. The first-order valence-electron chi connectivity index (χ1n) is 9.36. The lowest BCUT2D eigenvalue weighted by Crippen LogP contribution is -2.37. The molecule has 0 atom stereocenters. The number of morpholine rings is 1. The summed E-state index contributed by atoms with van der Waals surface area (Å²) in [5, 5.41) is 29.5. The zero-order chi connectivity index (χ0) is 21.7. The molecule has 2 heterocycles. The summed E-state index contributed by atoms with van der Waals surface area (Å²) >= 11 is 0. The Labute approximate surface area is 175 Å². The van der Waals surface area contributed by atoms with E-state index in [9.17, 15) is 15.8 Å². The first-order valence-corrected chi connectivity index (χ1v) is 9.36. The van der Waals surface area contributed by atoms with Gasteiger partial charge in [0, 0.05) is 38.4 Å². The molecule has 0 radical (unpaired) electrons. The Kier molecular flexibility index (Phi) is 6.17. The largest absolute Gasteiger partial charge is 0.383 e. The second kappa shape index (κ2) is 8.96. The van der Waals surface area contributed by atoms with Gasteiger partial charge in [0.05, 0.1) is 24.9 Å². The fraction of sp³-hybridized carbons (Fsp3) is 0.273. The van der Waals surface area contributed by atoms with Crippen molar-refractivity contribution in [3.63, 3.8) is 0 Å². The van der Waals surface area contributed by atoms with E-state index in [-0.39, 0.29) is 28.1 Å². The zero-order valence-corrected chi connectivity index (χ0v) is 16.9. The summed E-state index contributed by atoms with van der Waals surface area (Å²) in [5.41, 5.74) is 8.44. The quantitative estimate of drug-likeness (QED) is 0.777. The van der Waals surface area contributed by atoms with Crippen LogP contribution in [0.3, 0.4) is 0 Å². The van der Waals surface area contributed by atoms with Gasteiger partial charge in [-0.2, -0.15) is 15.8 Å². The average molecular weight is 399 g/mol. The number of rotatable bonds is 4. The molecule has 0 aliphatic carbocycles. The number of ether oxygens (including phenoxy) is 1. The van der Waals surface area contributed by atoms with E-state index in [4.69, 9.17) is 10.5 Å². The molecule has 0 spiro atoms. The molecule has 0 unspecified atom stereocenters. The lowest BCUT2D eigenvalue weighted by Gasteiger charge is -2.29. The number of benzene rings is 1. The molecule has 30 heavy (non-hydrogen) atoms. The Hall–Kier alpha value is -4.06. The normalized spacial score (nSPS) is 13.8. The van der Waals surface area contributed by atoms with Crippen molar-refractivity contribution >= 4 is 29.0 Å². The molecule has 1 fully saturated rings.